The summed E-state index contributed by atoms with van der Waals surface area (Å²) in [7, 11) is 8.27. The Morgan fingerprint density at radius 3 is 1.88 bits per heavy atom. The topological polar surface area (TPSA) is 15.7 Å². The summed E-state index contributed by atoms with van der Waals surface area (Å²) in [6, 6.07) is 39.4. The molecule has 0 fully saturated rings. The number of rotatable bonds is 7. The average molecular weight is 539 g/mol. The van der Waals surface area contributed by atoms with E-state index in [0.29, 0.717) is 5.92 Å². The van der Waals surface area contributed by atoms with Crippen molar-refractivity contribution in [1.29, 1.82) is 0 Å². The maximum Gasteiger partial charge on any atom is 0.178 e. The van der Waals surface area contributed by atoms with Crippen LogP contribution in [-0.4, -0.2) is 28.2 Å². The van der Waals surface area contributed by atoms with Gasteiger partial charge in [-0.05, 0) is 76.7 Å². The van der Waals surface area contributed by atoms with Crippen molar-refractivity contribution in [2.75, 3.05) is 38.0 Å². The Morgan fingerprint density at radius 2 is 1.29 bits per heavy atom. The molecule has 206 valence electrons. The van der Waals surface area contributed by atoms with Crippen molar-refractivity contribution in [3.05, 3.63) is 143 Å². The van der Waals surface area contributed by atoms with Crippen molar-refractivity contribution in [3.8, 4) is 5.75 Å². The van der Waals surface area contributed by atoms with E-state index in [4.69, 9.17) is 4.74 Å². The zero-order chi connectivity index (χ0) is 28.6. The third-order valence-electron chi connectivity index (χ3n) is 8.38. The predicted octanol–water partition coefficient (Wildman–Crippen LogP) is 8.67. The van der Waals surface area contributed by atoms with Crippen LogP contribution in [0, 0.1) is 0 Å². The van der Waals surface area contributed by atoms with Gasteiger partial charge < -0.3 is 14.5 Å². The summed E-state index contributed by atoms with van der Waals surface area (Å²) in [5.41, 5.74) is 7.68. The zero-order valence-electron chi connectivity index (χ0n) is 24.6. The van der Waals surface area contributed by atoms with Crippen LogP contribution < -0.4 is 14.5 Å². The van der Waals surface area contributed by atoms with Crippen molar-refractivity contribution in [3.63, 3.8) is 0 Å². The van der Waals surface area contributed by atoms with Crippen LogP contribution in [0.1, 0.15) is 40.7 Å². The van der Waals surface area contributed by atoms with Gasteiger partial charge in [-0.25, -0.2) is 0 Å². The number of hydrogen-bond donors (Lipinski definition) is 0. The molecule has 0 spiro atoms. The molecule has 1 heterocycles. The van der Waals surface area contributed by atoms with E-state index in [1.54, 1.807) is 0 Å². The van der Waals surface area contributed by atoms with E-state index in [-0.39, 0.29) is 0 Å². The van der Waals surface area contributed by atoms with E-state index < -0.39 is 5.60 Å². The predicted molar refractivity (Wildman–Crippen MR) is 174 cm³/mol. The highest BCUT2D eigenvalue weighted by atomic mass is 16.5. The Morgan fingerprint density at radius 1 is 0.683 bits per heavy atom. The second kappa shape index (κ2) is 10.8. The van der Waals surface area contributed by atoms with Crippen LogP contribution in [0.4, 0.5) is 11.4 Å². The fourth-order valence-corrected chi connectivity index (χ4v) is 5.90. The lowest BCUT2D eigenvalue weighted by Gasteiger charge is -2.37. The summed E-state index contributed by atoms with van der Waals surface area (Å²) in [6.45, 7) is 2.31. The van der Waals surface area contributed by atoms with Gasteiger partial charge in [-0.1, -0.05) is 85.8 Å². The molecule has 1 aliphatic rings. The molecule has 1 atom stereocenters. The maximum atomic E-state index is 7.04. The molecule has 1 aliphatic heterocycles. The molecule has 0 aliphatic carbocycles. The van der Waals surface area contributed by atoms with Crippen LogP contribution in [0.5, 0.6) is 5.75 Å². The third kappa shape index (κ3) is 5.09. The van der Waals surface area contributed by atoms with Gasteiger partial charge in [-0.2, -0.15) is 0 Å². The summed E-state index contributed by atoms with van der Waals surface area (Å²) in [5, 5.41) is 2.46. The third-order valence-corrected chi connectivity index (χ3v) is 8.38. The number of anilines is 2. The first-order chi connectivity index (χ1) is 19.8. The summed E-state index contributed by atoms with van der Waals surface area (Å²) in [5.74, 6) is 1.34. The molecule has 0 N–H and O–H groups in total. The summed E-state index contributed by atoms with van der Waals surface area (Å²) < 4.78 is 7.04. The van der Waals surface area contributed by atoms with Gasteiger partial charge in [-0.3, -0.25) is 0 Å². The summed E-state index contributed by atoms with van der Waals surface area (Å²) >= 11 is 0. The minimum Gasteiger partial charge on any atom is -0.473 e. The lowest BCUT2D eigenvalue weighted by atomic mass is 9.82. The Bertz CT molecular complexity index is 1630. The smallest absolute Gasteiger partial charge is 0.178 e. The molecule has 1 unspecified atom stereocenters. The van der Waals surface area contributed by atoms with E-state index in [1.807, 2.05) is 0 Å². The van der Waals surface area contributed by atoms with Gasteiger partial charge in [0.15, 0.2) is 5.60 Å². The van der Waals surface area contributed by atoms with Gasteiger partial charge in [-0.15, -0.1) is 0 Å². The Balaban J connectivity index is 1.39. The van der Waals surface area contributed by atoms with Crippen molar-refractivity contribution >= 4 is 28.2 Å². The van der Waals surface area contributed by atoms with Crippen LogP contribution in [0.2, 0.25) is 0 Å². The molecule has 3 heteroatoms. The van der Waals surface area contributed by atoms with Gasteiger partial charge in [0.25, 0.3) is 0 Å². The molecule has 0 aromatic heterocycles. The molecule has 5 aromatic carbocycles. The first-order valence-electron chi connectivity index (χ1n) is 14.4. The van der Waals surface area contributed by atoms with Crippen LogP contribution in [0.15, 0.2) is 115 Å². The molecule has 41 heavy (non-hydrogen) atoms. The fourth-order valence-electron chi connectivity index (χ4n) is 5.90. The molecule has 0 amide bonds. The number of hydrogen-bond acceptors (Lipinski definition) is 3. The number of ether oxygens (including phenoxy) is 1. The minimum atomic E-state index is -0.722. The monoisotopic (exact) mass is 538 g/mol. The van der Waals surface area contributed by atoms with Gasteiger partial charge >= 0.3 is 0 Å². The largest absolute Gasteiger partial charge is 0.473 e. The second-order valence-corrected chi connectivity index (χ2v) is 11.6. The van der Waals surface area contributed by atoms with Crippen LogP contribution in [0.3, 0.4) is 0 Å². The molecule has 0 radical (unpaired) electrons. The van der Waals surface area contributed by atoms with Gasteiger partial charge in [0.05, 0.1) is 0 Å². The van der Waals surface area contributed by atoms with Crippen molar-refractivity contribution < 1.29 is 4.74 Å². The summed E-state index contributed by atoms with van der Waals surface area (Å²) in [6.07, 6.45) is 5.52. The van der Waals surface area contributed by atoms with Crippen molar-refractivity contribution in [2.45, 2.75) is 24.9 Å². The van der Waals surface area contributed by atoms with Crippen LogP contribution in [0.25, 0.3) is 16.8 Å². The second-order valence-electron chi connectivity index (χ2n) is 11.6. The number of benzene rings is 5. The van der Waals surface area contributed by atoms with E-state index in [1.165, 1.54) is 21.9 Å². The lowest BCUT2D eigenvalue weighted by Crippen LogP contribution is -2.34. The lowest BCUT2D eigenvalue weighted by molar-refractivity contribution is 0.161. The van der Waals surface area contributed by atoms with Gasteiger partial charge in [0, 0.05) is 56.3 Å². The molecule has 0 bridgehead atoms. The molecule has 0 saturated heterocycles. The zero-order valence-corrected chi connectivity index (χ0v) is 24.6. The molecule has 5 aromatic rings. The fraction of sp³-hybridized carbons (Fsp3) is 0.211. The minimum absolute atomic E-state index is 0.438. The quantitative estimate of drug-likeness (QED) is 0.206. The number of fused-ring (bicyclic) bond motifs is 3. The average Bonchev–Trinajstić information content (AvgIpc) is 3.01. The summed E-state index contributed by atoms with van der Waals surface area (Å²) in [4.78, 5) is 4.24. The van der Waals surface area contributed by atoms with Crippen molar-refractivity contribution in [2.24, 2.45) is 0 Å². The van der Waals surface area contributed by atoms with Gasteiger partial charge in [0.1, 0.15) is 5.75 Å². The Labute approximate surface area is 244 Å². The van der Waals surface area contributed by atoms with E-state index in [0.717, 1.165) is 40.2 Å². The highest BCUT2D eigenvalue weighted by Gasteiger charge is 2.37. The van der Waals surface area contributed by atoms with Gasteiger partial charge in [0.2, 0.25) is 0 Å². The van der Waals surface area contributed by atoms with E-state index in [2.05, 4.69) is 166 Å². The normalized spacial score (nSPS) is 14.3. The standard InChI is InChI=1S/C38H38N2O/c1-27(25-28-9-7-6-8-10-28)29-11-21-35-30(26-29)12-22-37-36(35)23-24-38(41-37,31-13-17-33(18-14-31)39(2)3)32-15-19-34(20-16-32)40(4)5/h6-24,26-27H,25H2,1-5H3. The van der Waals surface area contributed by atoms with E-state index >= 15 is 0 Å². The molecule has 0 saturated carbocycles. The SMILES string of the molecule is CC(Cc1ccccc1)c1ccc2c3c(ccc2c1)OC(c1ccc(N(C)C)cc1)(c1ccc(N(C)C)cc1)C=C3. The Kier molecular flexibility index (Phi) is 7.05. The Hall–Kier alpha value is -4.50. The van der Waals surface area contributed by atoms with E-state index in [9.17, 15) is 0 Å². The molecule has 6 rings (SSSR count). The molecular weight excluding hydrogens is 500 g/mol. The highest BCUT2D eigenvalue weighted by molar-refractivity contribution is 5.94. The van der Waals surface area contributed by atoms with Crippen LogP contribution in [-0.2, 0) is 12.0 Å². The highest BCUT2D eigenvalue weighted by Crippen LogP contribution is 2.45. The van der Waals surface area contributed by atoms with Crippen molar-refractivity contribution in [1.82, 2.24) is 0 Å². The van der Waals surface area contributed by atoms with Crippen LogP contribution >= 0.6 is 0 Å². The molecule has 3 nitrogen and oxygen atoms in total. The first-order valence-corrected chi connectivity index (χ1v) is 14.4. The molecular formula is C38H38N2O. The maximum absolute atomic E-state index is 7.04. The first kappa shape index (κ1) is 26.7. The number of nitrogens with zero attached hydrogens (tertiary/aromatic N) is 2.